The van der Waals surface area contributed by atoms with Crippen LogP contribution < -0.4 is 0 Å². The van der Waals surface area contributed by atoms with E-state index >= 15 is 0 Å². The fraction of sp³-hybridized carbons (Fsp3) is 1.00. The molecule has 0 saturated carbocycles. The highest BCUT2D eigenvalue weighted by molar-refractivity contribution is 6.89. The van der Waals surface area contributed by atoms with Gasteiger partial charge >= 0.3 is 17.1 Å². The molecule has 5 nitrogen and oxygen atoms in total. The topological polar surface area (TPSA) is 46.2 Å². The molecule has 0 atom stereocenters. The zero-order valence-electron chi connectivity index (χ0n) is 16.9. The molecule has 0 rings (SSSR count). The lowest BCUT2D eigenvalue weighted by molar-refractivity contribution is 0.173. The molecule has 0 amide bonds. The monoisotopic (exact) mass is 398 g/mol. The lowest BCUT2D eigenvalue weighted by Gasteiger charge is -2.40. The third kappa shape index (κ3) is 11.8. The van der Waals surface area contributed by atoms with E-state index in [0.29, 0.717) is 12.5 Å². The van der Waals surface area contributed by atoms with E-state index in [0.717, 1.165) is 13.2 Å². The highest BCUT2D eigenvalue weighted by Crippen LogP contribution is 2.24. The summed E-state index contributed by atoms with van der Waals surface area (Å²) >= 11 is 0. The summed E-state index contributed by atoms with van der Waals surface area (Å²) in [7, 11) is -8.25. The molecular weight excluding hydrogens is 360 g/mol. The van der Waals surface area contributed by atoms with Crippen molar-refractivity contribution in [3.05, 3.63) is 0 Å². The van der Waals surface area contributed by atoms with Gasteiger partial charge in [0.2, 0.25) is 16.6 Å². The smallest absolute Gasteiger partial charge is 0.312 e. The predicted molar refractivity (Wildman–Crippen MR) is 106 cm³/mol. The lowest BCUT2D eigenvalue weighted by Crippen LogP contribution is -2.58. The summed E-state index contributed by atoms with van der Waals surface area (Å²) in [4.78, 5) is 0. The maximum atomic E-state index is 6.45. The van der Waals surface area contributed by atoms with Crippen LogP contribution in [0.1, 0.15) is 13.8 Å². The summed E-state index contributed by atoms with van der Waals surface area (Å²) in [6, 6.07) is 0. The van der Waals surface area contributed by atoms with Crippen molar-refractivity contribution in [3.63, 3.8) is 0 Å². The zero-order chi connectivity index (χ0) is 18.4. The Morgan fingerprint density at radius 1 is 0.522 bits per heavy atom. The van der Waals surface area contributed by atoms with Crippen LogP contribution in [0.3, 0.4) is 0 Å². The first-order chi connectivity index (χ1) is 10.2. The Labute approximate surface area is 147 Å². The third-order valence-electron chi connectivity index (χ3n) is 2.84. The van der Waals surface area contributed by atoms with Crippen molar-refractivity contribution in [2.45, 2.75) is 66.2 Å². The van der Waals surface area contributed by atoms with Crippen molar-refractivity contribution in [3.8, 4) is 0 Å². The summed E-state index contributed by atoms with van der Waals surface area (Å²) < 4.78 is 30.5. The first-order valence-electron chi connectivity index (χ1n) is 8.50. The number of hydrogen-bond acceptors (Lipinski definition) is 5. The van der Waals surface area contributed by atoms with Crippen LogP contribution in [-0.4, -0.2) is 59.4 Å². The minimum absolute atomic E-state index is 0.705. The molecule has 0 spiro atoms. The van der Waals surface area contributed by atoms with Gasteiger partial charge in [-0.1, -0.05) is 0 Å². The first kappa shape index (κ1) is 23.7. The zero-order valence-corrected chi connectivity index (χ0v) is 20.9. The van der Waals surface area contributed by atoms with Gasteiger partial charge in [-0.2, -0.15) is 0 Å². The normalized spacial score (nSPS) is 14.3. The number of ether oxygens (including phenoxy) is 2. The highest BCUT2D eigenvalue weighted by atomic mass is 28.5. The maximum Gasteiger partial charge on any atom is 0.312 e. The second-order valence-electron chi connectivity index (χ2n) is 7.90. The molecule has 23 heavy (non-hydrogen) atoms. The van der Waals surface area contributed by atoms with E-state index in [1.54, 1.807) is 0 Å². The quantitative estimate of drug-likeness (QED) is 0.465. The average molecular weight is 399 g/mol. The number of hydrogen-bond donors (Lipinski definition) is 0. The summed E-state index contributed by atoms with van der Waals surface area (Å²) in [5.74, 6) is 0. The van der Waals surface area contributed by atoms with Crippen molar-refractivity contribution in [1.82, 2.24) is 0 Å². The molecule has 0 aromatic heterocycles. The molecule has 0 aliphatic rings. The molecule has 0 aliphatic heterocycles. The molecule has 0 N–H and O–H groups in total. The van der Waals surface area contributed by atoms with E-state index in [9.17, 15) is 0 Å². The Balaban J connectivity index is 4.72. The van der Waals surface area contributed by atoms with Gasteiger partial charge in [0.15, 0.2) is 0 Å². The first-order valence-corrected chi connectivity index (χ1v) is 20.4. The Morgan fingerprint density at radius 2 is 0.826 bits per heavy atom. The average Bonchev–Trinajstić information content (AvgIpc) is 2.29. The van der Waals surface area contributed by atoms with Gasteiger partial charge in [0.1, 0.15) is 0 Å². The SMILES string of the molecule is CCOC[Si](C)(C)O[Si](C)(C)O[Si](C)(C)O[Si](C)(C)COCC. The van der Waals surface area contributed by atoms with E-state index in [-0.39, 0.29) is 0 Å². The molecule has 0 aromatic rings. The van der Waals surface area contributed by atoms with E-state index < -0.39 is 33.8 Å². The molecule has 0 unspecified atom stereocenters. The molecule has 0 fully saturated rings. The van der Waals surface area contributed by atoms with Crippen LogP contribution >= 0.6 is 0 Å². The fourth-order valence-corrected chi connectivity index (χ4v) is 21.0. The Bertz CT molecular complexity index is 316. The summed E-state index contributed by atoms with van der Waals surface area (Å²) in [5.41, 5.74) is 0. The molecule has 140 valence electrons. The largest absolute Gasteiger partial charge is 0.435 e. The van der Waals surface area contributed by atoms with Crippen LogP contribution in [0.15, 0.2) is 0 Å². The van der Waals surface area contributed by atoms with Gasteiger partial charge in [-0.15, -0.1) is 0 Å². The van der Waals surface area contributed by atoms with Crippen molar-refractivity contribution < 1.29 is 21.8 Å². The van der Waals surface area contributed by atoms with Gasteiger partial charge < -0.3 is 21.8 Å². The predicted octanol–water partition coefficient (Wildman–Crippen LogP) is 4.00. The van der Waals surface area contributed by atoms with Crippen molar-refractivity contribution in [1.29, 1.82) is 0 Å². The van der Waals surface area contributed by atoms with Crippen molar-refractivity contribution in [2.75, 3.05) is 25.7 Å². The van der Waals surface area contributed by atoms with E-state index in [4.69, 9.17) is 21.8 Å². The van der Waals surface area contributed by atoms with Crippen LogP contribution in [-0.2, 0) is 21.8 Å². The van der Waals surface area contributed by atoms with Gasteiger partial charge in [0.05, 0.1) is 12.5 Å². The lowest BCUT2D eigenvalue weighted by atomic mass is 10.9. The van der Waals surface area contributed by atoms with Gasteiger partial charge in [-0.3, -0.25) is 0 Å². The van der Waals surface area contributed by atoms with Crippen molar-refractivity contribution in [2.24, 2.45) is 0 Å². The Morgan fingerprint density at radius 3 is 1.09 bits per heavy atom. The fourth-order valence-electron chi connectivity index (χ4n) is 2.72. The van der Waals surface area contributed by atoms with Crippen LogP contribution in [0, 0.1) is 0 Å². The van der Waals surface area contributed by atoms with E-state index in [1.807, 2.05) is 13.8 Å². The highest BCUT2D eigenvalue weighted by Gasteiger charge is 2.43. The van der Waals surface area contributed by atoms with Crippen molar-refractivity contribution >= 4 is 33.8 Å². The Hall–Kier alpha value is 0.668. The molecular formula is C14H38O5Si4. The van der Waals surface area contributed by atoms with Gasteiger partial charge in [-0.25, -0.2) is 0 Å². The number of rotatable bonds is 12. The maximum absolute atomic E-state index is 6.45. The van der Waals surface area contributed by atoms with E-state index in [1.165, 1.54) is 0 Å². The molecule has 0 aromatic carbocycles. The minimum atomic E-state index is -2.26. The van der Waals surface area contributed by atoms with Crippen LogP contribution in [0.5, 0.6) is 0 Å². The molecule has 0 saturated heterocycles. The summed E-state index contributed by atoms with van der Waals surface area (Å²) in [5, 5.41) is 0. The molecule has 9 heteroatoms. The summed E-state index contributed by atoms with van der Waals surface area (Å²) in [6.07, 6.45) is 1.41. The van der Waals surface area contributed by atoms with Gasteiger partial charge in [0, 0.05) is 13.2 Å². The van der Waals surface area contributed by atoms with Crippen LogP contribution in [0.25, 0.3) is 0 Å². The standard InChI is InChI=1S/C14H38O5Si4/c1-11-15-13-20(3,4)17-22(7,8)19-23(9,10)18-21(5,6)14-16-12-2/h11-14H2,1-10H3. The van der Waals surface area contributed by atoms with Crippen LogP contribution in [0.2, 0.25) is 52.4 Å². The van der Waals surface area contributed by atoms with Crippen LogP contribution in [0.4, 0.5) is 0 Å². The second kappa shape index (κ2) is 9.39. The van der Waals surface area contributed by atoms with Gasteiger partial charge in [-0.05, 0) is 66.2 Å². The van der Waals surface area contributed by atoms with Gasteiger partial charge in [0.25, 0.3) is 0 Å². The molecule has 0 bridgehead atoms. The molecule has 0 aliphatic carbocycles. The second-order valence-corrected chi connectivity index (χ2v) is 23.6. The minimum Gasteiger partial charge on any atom is -0.435 e. The summed E-state index contributed by atoms with van der Waals surface area (Å²) in [6.45, 7) is 22.7. The Kier molecular flexibility index (Phi) is 9.66. The van der Waals surface area contributed by atoms with E-state index in [2.05, 4.69) is 52.4 Å². The third-order valence-corrected chi connectivity index (χ3v) is 16.9. The molecule has 0 heterocycles. The molecule has 0 radical (unpaired) electrons.